The van der Waals surface area contributed by atoms with Gasteiger partial charge in [-0.3, -0.25) is 4.98 Å². The van der Waals surface area contributed by atoms with Crippen LogP contribution in [-0.2, 0) is 6.54 Å². The minimum atomic E-state index is 0.291. The highest BCUT2D eigenvalue weighted by atomic mass is 16.5. The fraction of sp³-hybridized carbons (Fsp3) is 0.688. The number of hydrogen-bond donors (Lipinski definition) is 2. The second kappa shape index (κ2) is 8.22. The number of pyridine rings is 1. The van der Waals surface area contributed by atoms with Crippen LogP contribution in [0.1, 0.15) is 49.9 Å². The average molecular weight is 278 g/mol. The maximum absolute atomic E-state index is 8.73. The van der Waals surface area contributed by atoms with Crippen molar-refractivity contribution < 1.29 is 9.84 Å². The van der Waals surface area contributed by atoms with Crippen LogP contribution < -0.4 is 10.1 Å². The number of ether oxygens (including phenoxy) is 1. The van der Waals surface area contributed by atoms with E-state index >= 15 is 0 Å². The third kappa shape index (κ3) is 5.47. The van der Waals surface area contributed by atoms with E-state index in [-0.39, 0.29) is 0 Å². The average Bonchev–Trinajstić information content (AvgIpc) is 3.26. The zero-order chi connectivity index (χ0) is 14.2. The van der Waals surface area contributed by atoms with Gasteiger partial charge in [0.2, 0.25) is 0 Å². The summed E-state index contributed by atoms with van der Waals surface area (Å²) in [7, 11) is 0. The Morgan fingerprint density at radius 3 is 2.80 bits per heavy atom. The van der Waals surface area contributed by atoms with E-state index in [1.54, 1.807) is 0 Å². The van der Waals surface area contributed by atoms with Crippen molar-refractivity contribution in [2.45, 2.75) is 58.0 Å². The number of aromatic nitrogens is 1. The Morgan fingerprint density at radius 1 is 1.25 bits per heavy atom. The van der Waals surface area contributed by atoms with Gasteiger partial charge in [-0.1, -0.05) is 6.42 Å². The molecular weight excluding hydrogens is 252 g/mol. The smallest absolute Gasteiger partial charge is 0.142 e. The van der Waals surface area contributed by atoms with Crippen molar-refractivity contribution in [3.63, 3.8) is 0 Å². The fourth-order valence-electron chi connectivity index (χ4n) is 2.13. The summed E-state index contributed by atoms with van der Waals surface area (Å²) in [6.07, 6.45) is 6.67. The van der Waals surface area contributed by atoms with Crippen LogP contribution in [0.3, 0.4) is 0 Å². The minimum Gasteiger partial charge on any atom is -0.492 e. The van der Waals surface area contributed by atoms with E-state index in [0.29, 0.717) is 12.6 Å². The quantitative estimate of drug-likeness (QED) is 0.646. The van der Waals surface area contributed by atoms with E-state index in [9.17, 15) is 0 Å². The predicted octanol–water partition coefficient (Wildman–Crippen LogP) is 2.57. The molecule has 0 atom stereocenters. The van der Waals surface area contributed by atoms with Gasteiger partial charge in [-0.15, -0.1) is 0 Å². The van der Waals surface area contributed by atoms with E-state index in [2.05, 4.69) is 10.3 Å². The van der Waals surface area contributed by atoms with Gasteiger partial charge < -0.3 is 15.2 Å². The van der Waals surface area contributed by atoms with Gasteiger partial charge in [-0.25, -0.2) is 0 Å². The zero-order valence-electron chi connectivity index (χ0n) is 12.4. The van der Waals surface area contributed by atoms with Crippen LogP contribution >= 0.6 is 0 Å². The molecule has 4 heteroatoms. The van der Waals surface area contributed by atoms with Crippen LogP contribution in [0, 0.1) is 6.92 Å². The molecule has 1 heterocycles. The summed E-state index contributed by atoms with van der Waals surface area (Å²) in [5.41, 5.74) is 2.06. The SMILES string of the molecule is Cc1ccc(OCCCCCCO)c(CNC2CC2)n1. The molecule has 1 fully saturated rings. The lowest BCUT2D eigenvalue weighted by atomic mass is 10.2. The molecule has 1 saturated carbocycles. The van der Waals surface area contributed by atoms with Crippen molar-refractivity contribution in [1.29, 1.82) is 0 Å². The molecule has 0 spiro atoms. The van der Waals surface area contributed by atoms with Crippen molar-refractivity contribution in [3.05, 3.63) is 23.5 Å². The lowest BCUT2D eigenvalue weighted by molar-refractivity contribution is 0.272. The van der Waals surface area contributed by atoms with E-state index in [1.807, 2.05) is 19.1 Å². The number of aliphatic hydroxyl groups excluding tert-OH is 1. The monoisotopic (exact) mass is 278 g/mol. The Hall–Kier alpha value is -1.13. The highest BCUT2D eigenvalue weighted by Gasteiger charge is 2.21. The molecule has 4 nitrogen and oxygen atoms in total. The van der Waals surface area contributed by atoms with Gasteiger partial charge in [0, 0.05) is 24.9 Å². The first kappa shape index (κ1) is 15.3. The molecule has 0 unspecified atom stereocenters. The van der Waals surface area contributed by atoms with E-state index in [0.717, 1.165) is 56.0 Å². The van der Waals surface area contributed by atoms with Crippen molar-refractivity contribution in [1.82, 2.24) is 10.3 Å². The summed E-state index contributed by atoms with van der Waals surface area (Å²) in [5, 5.41) is 12.2. The fourth-order valence-corrected chi connectivity index (χ4v) is 2.13. The van der Waals surface area contributed by atoms with Gasteiger partial charge in [0.1, 0.15) is 5.75 Å². The molecule has 0 aromatic carbocycles. The highest BCUT2D eigenvalue weighted by molar-refractivity contribution is 5.29. The van der Waals surface area contributed by atoms with Crippen LogP contribution in [0.25, 0.3) is 0 Å². The maximum Gasteiger partial charge on any atom is 0.142 e. The Morgan fingerprint density at radius 2 is 2.05 bits per heavy atom. The number of aliphatic hydroxyl groups is 1. The summed E-state index contributed by atoms with van der Waals surface area (Å²) in [4.78, 5) is 4.58. The van der Waals surface area contributed by atoms with Crippen LogP contribution in [0.4, 0.5) is 0 Å². The van der Waals surface area contributed by atoms with E-state index in [4.69, 9.17) is 9.84 Å². The maximum atomic E-state index is 8.73. The van der Waals surface area contributed by atoms with Gasteiger partial charge >= 0.3 is 0 Å². The Kier molecular flexibility index (Phi) is 6.27. The molecule has 1 aliphatic carbocycles. The summed E-state index contributed by atoms with van der Waals surface area (Å²) in [5.74, 6) is 0.908. The van der Waals surface area contributed by atoms with Crippen molar-refractivity contribution in [2.24, 2.45) is 0 Å². The predicted molar refractivity (Wildman–Crippen MR) is 79.9 cm³/mol. The number of nitrogens with zero attached hydrogens (tertiary/aromatic N) is 1. The largest absolute Gasteiger partial charge is 0.492 e. The van der Waals surface area contributed by atoms with Gasteiger partial charge in [0.25, 0.3) is 0 Å². The third-order valence-electron chi connectivity index (χ3n) is 3.52. The zero-order valence-corrected chi connectivity index (χ0v) is 12.4. The lowest BCUT2D eigenvalue weighted by Gasteiger charge is -2.12. The van der Waals surface area contributed by atoms with Gasteiger partial charge in [-0.2, -0.15) is 0 Å². The topological polar surface area (TPSA) is 54.4 Å². The first-order chi connectivity index (χ1) is 9.79. The molecule has 2 rings (SSSR count). The summed E-state index contributed by atoms with van der Waals surface area (Å²) in [6, 6.07) is 4.71. The molecule has 1 aliphatic rings. The van der Waals surface area contributed by atoms with Crippen molar-refractivity contribution >= 4 is 0 Å². The molecule has 0 amide bonds. The van der Waals surface area contributed by atoms with E-state index < -0.39 is 0 Å². The Labute approximate surface area is 121 Å². The molecule has 0 saturated heterocycles. The number of nitrogens with one attached hydrogen (secondary N) is 1. The summed E-state index contributed by atoms with van der Waals surface area (Å²) >= 11 is 0. The van der Waals surface area contributed by atoms with Crippen LogP contribution in [0.5, 0.6) is 5.75 Å². The van der Waals surface area contributed by atoms with E-state index in [1.165, 1.54) is 12.8 Å². The first-order valence-electron chi connectivity index (χ1n) is 7.73. The third-order valence-corrected chi connectivity index (χ3v) is 3.52. The Bertz CT molecular complexity index is 405. The Balaban J connectivity index is 1.76. The summed E-state index contributed by atoms with van der Waals surface area (Å²) in [6.45, 7) is 3.83. The van der Waals surface area contributed by atoms with Crippen LogP contribution in [0.2, 0.25) is 0 Å². The number of unbranched alkanes of at least 4 members (excludes halogenated alkanes) is 3. The number of rotatable bonds is 10. The minimum absolute atomic E-state index is 0.291. The normalized spacial score (nSPS) is 14.5. The number of aryl methyl sites for hydroxylation is 1. The molecule has 112 valence electrons. The second-order valence-corrected chi connectivity index (χ2v) is 5.54. The summed E-state index contributed by atoms with van der Waals surface area (Å²) < 4.78 is 5.86. The highest BCUT2D eigenvalue weighted by Crippen LogP contribution is 2.22. The van der Waals surface area contributed by atoms with Crippen molar-refractivity contribution in [3.8, 4) is 5.75 Å². The molecule has 2 N–H and O–H groups in total. The number of hydrogen-bond acceptors (Lipinski definition) is 4. The molecule has 1 aromatic rings. The van der Waals surface area contributed by atoms with Crippen LogP contribution in [0.15, 0.2) is 12.1 Å². The van der Waals surface area contributed by atoms with Gasteiger partial charge in [0.05, 0.1) is 12.3 Å². The molecule has 20 heavy (non-hydrogen) atoms. The molecule has 0 aliphatic heterocycles. The molecule has 1 aromatic heterocycles. The van der Waals surface area contributed by atoms with Gasteiger partial charge in [0.15, 0.2) is 0 Å². The van der Waals surface area contributed by atoms with Crippen molar-refractivity contribution in [2.75, 3.05) is 13.2 Å². The van der Waals surface area contributed by atoms with Crippen LogP contribution in [-0.4, -0.2) is 29.3 Å². The molecule has 0 radical (unpaired) electrons. The van der Waals surface area contributed by atoms with Gasteiger partial charge in [-0.05, 0) is 51.2 Å². The molecule has 0 bridgehead atoms. The molecular formula is C16H26N2O2. The first-order valence-corrected chi connectivity index (χ1v) is 7.73. The second-order valence-electron chi connectivity index (χ2n) is 5.54. The lowest BCUT2D eigenvalue weighted by Crippen LogP contribution is -2.17. The standard InChI is InChI=1S/C16H26N2O2/c1-13-6-9-16(20-11-5-3-2-4-10-19)15(18-13)12-17-14-7-8-14/h6,9,14,17,19H,2-5,7-8,10-12H2,1H3.